The first-order valence-electron chi connectivity index (χ1n) is 12.3. The quantitative estimate of drug-likeness (QED) is 0.369. The molecule has 10 heteroatoms. The molecule has 0 saturated heterocycles. The fraction of sp³-hybridized carbons (Fsp3) is 0.172. The van der Waals surface area contributed by atoms with Crippen LogP contribution in [0.5, 0.6) is 0 Å². The van der Waals surface area contributed by atoms with E-state index in [0.717, 1.165) is 11.3 Å². The molecule has 0 saturated carbocycles. The van der Waals surface area contributed by atoms with Gasteiger partial charge >= 0.3 is 0 Å². The first kappa shape index (κ1) is 26.0. The van der Waals surface area contributed by atoms with Crippen LogP contribution in [0.15, 0.2) is 73.2 Å². The molecule has 2 aromatic heterocycles. The van der Waals surface area contributed by atoms with Crippen molar-refractivity contribution in [3.63, 3.8) is 0 Å². The first-order chi connectivity index (χ1) is 18.8. The molecule has 2 aromatic carbocycles. The predicted octanol–water partition coefficient (Wildman–Crippen LogP) is 4.60. The van der Waals surface area contributed by atoms with Crippen molar-refractivity contribution in [2.24, 2.45) is 0 Å². The third-order valence-corrected chi connectivity index (χ3v) is 6.68. The van der Waals surface area contributed by atoms with Crippen LogP contribution in [0, 0.1) is 13.8 Å². The van der Waals surface area contributed by atoms with Crippen LogP contribution >= 0.6 is 11.6 Å². The number of carbonyl (C=O) groups excluding carboxylic acids is 3. The first-order valence-corrected chi connectivity index (χ1v) is 12.7. The lowest BCUT2D eigenvalue weighted by molar-refractivity contribution is -0.120. The summed E-state index contributed by atoms with van der Waals surface area (Å²) in [5, 5.41) is 6.03. The van der Waals surface area contributed by atoms with Gasteiger partial charge < -0.3 is 15.5 Å². The Bertz CT molecular complexity index is 1560. The Hall–Kier alpha value is -4.63. The molecule has 1 aliphatic heterocycles. The molecule has 0 radical (unpaired) electrons. The average molecular weight is 541 g/mol. The second-order valence-corrected chi connectivity index (χ2v) is 9.74. The van der Waals surface area contributed by atoms with E-state index in [-0.39, 0.29) is 30.7 Å². The molecular weight excluding hydrogens is 516 g/mol. The number of hydrogen-bond donors (Lipinski definition) is 2. The van der Waals surface area contributed by atoms with Gasteiger partial charge in [0, 0.05) is 35.4 Å². The summed E-state index contributed by atoms with van der Waals surface area (Å²) in [5.74, 6) is -0.604. The van der Waals surface area contributed by atoms with Gasteiger partial charge in [0.05, 0.1) is 29.3 Å². The standard InChI is InChI=1S/C29H25ClN6O3/c1-17-11-19(6-8-22(17)27(37)35-26-15-32-18(2)14-33-26)16-36-25(13-21-5-3-4-10-31-21)28(38)34-24-12-20(30)7-9-23(24)29(36)39/h3-12,14-15,25H,13,16H2,1-2H3,(H,34,38)(H,33,35,37). The Morgan fingerprint density at radius 3 is 2.59 bits per heavy atom. The number of hydrogen-bond acceptors (Lipinski definition) is 6. The van der Waals surface area contributed by atoms with E-state index in [9.17, 15) is 14.4 Å². The van der Waals surface area contributed by atoms with Crippen LogP contribution in [-0.4, -0.2) is 43.6 Å². The van der Waals surface area contributed by atoms with Crippen LogP contribution in [0.25, 0.3) is 0 Å². The molecule has 5 rings (SSSR count). The molecule has 39 heavy (non-hydrogen) atoms. The summed E-state index contributed by atoms with van der Waals surface area (Å²) in [5.41, 5.74) is 4.09. The predicted molar refractivity (Wildman–Crippen MR) is 148 cm³/mol. The van der Waals surface area contributed by atoms with Crippen molar-refractivity contribution in [3.05, 3.63) is 112 Å². The second-order valence-electron chi connectivity index (χ2n) is 9.30. The fourth-order valence-electron chi connectivity index (χ4n) is 4.48. The van der Waals surface area contributed by atoms with E-state index in [1.807, 2.05) is 32.0 Å². The lowest BCUT2D eigenvalue weighted by Crippen LogP contribution is -2.46. The third-order valence-electron chi connectivity index (χ3n) is 6.45. The molecule has 1 unspecified atom stereocenters. The number of benzene rings is 2. The van der Waals surface area contributed by atoms with Crippen LogP contribution in [-0.2, 0) is 17.8 Å². The number of pyridine rings is 1. The van der Waals surface area contributed by atoms with Gasteiger partial charge in [0.15, 0.2) is 5.82 Å². The molecule has 0 aliphatic carbocycles. The van der Waals surface area contributed by atoms with Crippen molar-refractivity contribution < 1.29 is 14.4 Å². The van der Waals surface area contributed by atoms with Crippen molar-refractivity contribution >= 4 is 40.8 Å². The summed E-state index contributed by atoms with van der Waals surface area (Å²) in [6.07, 6.45) is 4.96. The number of anilines is 2. The molecule has 9 nitrogen and oxygen atoms in total. The topological polar surface area (TPSA) is 117 Å². The van der Waals surface area contributed by atoms with E-state index in [1.165, 1.54) is 6.20 Å². The lowest BCUT2D eigenvalue weighted by atomic mass is 10.0. The SMILES string of the molecule is Cc1cnc(NC(=O)c2ccc(CN3C(=O)c4ccc(Cl)cc4NC(=O)C3Cc3ccccn3)cc2C)cn1. The molecule has 196 valence electrons. The molecule has 0 fully saturated rings. The summed E-state index contributed by atoms with van der Waals surface area (Å²) < 4.78 is 0. The molecule has 0 bridgehead atoms. The molecule has 4 aromatic rings. The number of halogens is 1. The van der Waals surface area contributed by atoms with E-state index in [4.69, 9.17) is 11.6 Å². The Balaban J connectivity index is 1.44. The van der Waals surface area contributed by atoms with Gasteiger partial charge in [0.1, 0.15) is 6.04 Å². The van der Waals surface area contributed by atoms with Gasteiger partial charge in [-0.15, -0.1) is 0 Å². The molecule has 1 atom stereocenters. The second kappa shape index (κ2) is 11.0. The van der Waals surface area contributed by atoms with Crippen molar-refractivity contribution in [3.8, 4) is 0 Å². The number of nitrogens with one attached hydrogen (secondary N) is 2. The van der Waals surface area contributed by atoms with Crippen LogP contribution in [0.2, 0.25) is 5.02 Å². The highest BCUT2D eigenvalue weighted by Gasteiger charge is 2.36. The average Bonchev–Trinajstić information content (AvgIpc) is 3.00. The lowest BCUT2D eigenvalue weighted by Gasteiger charge is -2.29. The van der Waals surface area contributed by atoms with Gasteiger partial charge in [-0.25, -0.2) is 4.98 Å². The van der Waals surface area contributed by atoms with Crippen LogP contribution in [0.3, 0.4) is 0 Å². The van der Waals surface area contributed by atoms with Crippen LogP contribution in [0.4, 0.5) is 11.5 Å². The zero-order valence-electron chi connectivity index (χ0n) is 21.3. The fourth-order valence-corrected chi connectivity index (χ4v) is 4.65. The minimum atomic E-state index is -0.818. The highest BCUT2D eigenvalue weighted by molar-refractivity contribution is 6.31. The van der Waals surface area contributed by atoms with Crippen molar-refractivity contribution in [1.29, 1.82) is 0 Å². The number of fused-ring (bicyclic) bond motifs is 1. The Kier molecular flexibility index (Phi) is 7.33. The Morgan fingerprint density at radius 1 is 1.03 bits per heavy atom. The van der Waals surface area contributed by atoms with E-state index < -0.39 is 6.04 Å². The molecule has 3 heterocycles. The Morgan fingerprint density at radius 2 is 1.87 bits per heavy atom. The van der Waals surface area contributed by atoms with Crippen molar-refractivity contribution in [2.75, 3.05) is 10.6 Å². The maximum Gasteiger partial charge on any atom is 0.257 e. The largest absolute Gasteiger partial charge is 0.323 e. The summed E-state index contributed by atoms with van der Waals surface area (Å²) in [6, 6.07) is 14.8. The Labute approximate surface area is 230 Å². The van der Waals surface area contributed by atoms with Crippen LogP contribution in [0.1, 0.15) is 43.2 Å². The van der Waals surface area contributed by atoms with E-state index in [0.29, 0.717) is 38.9 Å². The highest BCUT2D eigenvalue weighted by atomic mass is 35.5. The number of amides is 3. The van der Waals surface area contributed by atoms with Gasteiger partial charge in [-0.05, 0) is 61.4 Å². The van der Waals surface area contributed by atoms with Gasteiger partial charge in [-0.2, -0.15) is 0 Å². The zero-order valence-corrected chi connectivity index (χ0v) is 22.1. The van der Waals surface area contributed by atoms with E-state index in [2.05, 4.69) is 25.6 Å². The zero-order chi connectivity index (χ0) is 27.5. The van der Waals surface area contributed by atoms with Crippen LogP contribution < -0.4 is 10.6 Å². The van der Waals surface area contributed by atoms with Gasteiger partial charge in [-0.3, -0.25) is 24.4 Å². The normalized spacial score (nSPS) is 14.8. The summed E-state index contributed by atoms with van der Waals surface area (Å²) >= 11 is 6.15. The van der Waals surface area contributed by atoms with Crippen molar-refractivity contribution in [1.82, 2.24) is 19.9 Å². The van der Waals surface area contributed by atoms with Gasteiger partial charge in [0.25, 0.3) is 11.8 Å². The smallest absolute Gasteiger partial charge is 0.257 e. The minimum absolute atomic E-state index is 0.151. The maximum absolute atomic E-state index is 13.8. The number of aromatic nitrogens is 3. The van der Waals surface area contributed by atoms with Gasteiger partial charge in [0.2, 0.25) is 5.91 Å². The van der Waals surface area contributed by atoms with Gasteiger partial charge in [-0.1, -0.05) is 29.8 Å². The van der Waals surface area contributed by atoms with Crippen molar-refractivity contribution in [2.45, 2.75) is 32.9 Å². The summed E-state index contributed by atoms with van der Waals surface area (Å²) in [4.78, 5) is 54.3. The molecule has 3 amide bonds. The summed E-state index contributed by atoms with van der Waals surface area (Å²) in [7, 11) is 0. The number of carbonyl (C=O) groups is 3. The minimum Gasteiger partial charge on any atom is -0.323 e. The summed E-state index contributed by atoms with van der Waals surface area (Å²) in [6.45, 7) is 3.78. The third kappa shape index (κ3) is 5.78. The maximum atomic E-state index is 13.8. The monoisotopic (exact) mass is 540 g/mol. The molecule has 0 spiro atoms. The molecule has 1 aliphatic rings. The molecular formula is C29H25ClN6O3. The molecule has 2 N–H and O–H groups in total. The highest BCUT2D eigenvalue weighted by Crippen LogP contribution is 2.29. The number of nitrogens with zero attached hydrogens (tertiary/aromatic N) is 4. The van der Waals surface area contributed by atoms with E-state index in [1.54, 1.807) is 53.7 Å². The van der Waals surface area contributed by atoms with E-state index >= 15 is 0 Å². The number of aryl methyl sites for hydroxylation is 2. The number of rotatable bonds is 6.